The topological polar surface area (TPSA) is 56.9 Å². The molecule has 0 aliphatic carbocycles. The molecule has 2 aromatic rings. The highest BCUT2D eigenvalue weighted by Crippen LogP contribution is 2.46. The molecule has 1 aromatic carbocycles. The number of hydrogen-bond acceptors (Lipinski definition) is 3. The normalized spacial score (nSPS) is 9.60. The second-order valence-corrected chi connectivity index (χ2v) is 4.25. The van der Waals surface area contributed by atoms with Gasteiger partial charge in [-0.3, -0.25) is 0 Å². The third-order valence-electron chi connectivity index (χ3n) is 2.69. The van der Waals surface area contributed by atoms with Crippen LogP contribution in [0.5, 0.6) is 5.88 Å². The van der Waals surface area contributed by atoms with Crippen LogP contribution in [0.2, 0.25) is 5.02 Å². The molecule has 0 atom stereocenters. The number of rotatable bonds is 2. The Bertz CT molecular complexity index is 742. The number of pyridine rings is 1. The van der Waals surface area contributed by atoms with Crippen LogP contribution in [-0.4, -0.2) is 12.1 Å². The number of nitrogens with two attached hydrogens (primary N) is 1. The van der Waals surface area contributed by atoms with Gasteiger partial charge in [0.05, 0.1) is 20.3 Å². The van der Waals surface area contributed by atoms with E-state index >= 15 is 0 Å². The Balaban J connectivity index is 2.85. The predicted octanol–water partition coefficient (Wildman–Crippen LogP) is 4.09. The van der Waals surface area contributed by atoms with Crippen LogP contribution in [-0.2, 0) is 0 Å². The molecule has 0 saturated carbocycles. The monoisotopic (exact) mass is 284 g/mol. The van der Waals surface area contributed by atoms with E-state index in [4.69, 9.17) is 35.2 Å². The van der Waals surface area contributed by atoms with Crippen LogP contribution in [0, 0.1) is 13.1 Å². The molecule has 0 spiro atoms. The van der Waals surface area contributed by atoms with Crippen LogP contribution in [0.15, 0.2) is 24.3 Å². The van der Waals surface area contributed by atoms with Gasteiger partial charge in [-0.15, -0.1) is 0 Å². The summed E-state index contributed by atoms with van der Waals surface area (Å²) in [5.41, 5.74) is 7.14. The summed E-state index contributed by atoms with van der Waals surface area (Å²) in [5.74, 6) is 0.143. The van der Waals surface area contributed by atoms with Crippen LogP contribution in [0.4, 0.5) is 17.2 Å². The fourth-order valence-corrected chi connectivity index (χ4v) is 1.94. The van der Waals surface area contributed by atoms with Gasteiger partial charge in [0.1, 0.15) is 5.82 Å². The summed E-state index contributed by atoms with van der Waals surface area (Å²) in [7, 11) is 1.40. The lowest BCUT2D eigenvalue weighted by Crippen LogP contribution is -1.97. The van der Waals surface area contributed by atoms with Gasteiger partial charge in [0, 0.05) is 10.6 Å². The molecule has 0 amide bonds. The van der Waals surface area contributed by atoms with Gasteiger partial charge in [0.15, 0.2) is 0 Å². The van der Waals surface area contributed by atoms with Crippen molar-refractivity contribution in [1.82, 2.24) is 4.98 Å². The van der Waals surface area contributed by atoms with Crippen molar-refractivity contribution in [3.63, 3.8) is 0 Å². The van der Waals surface area contributed by atoms with Crippen molar-refractivity contribution in [2.45, 2.75) is 0 Å². The quantitative estimate of drug-likeness (QED) is 0.845. The van der Waals surface area contributed by atoms with E-state index < -0.39 is 0 Å². The van der Waals surface area contributed by atoms with E-state index in [-0.39, 0.29) is 23.1 Å². The summed E-state index contributed by atoms with van der Waals surface area (Å²) >= 11 is 5.85. The highest BCUT2D eigenvalue weighted by molar-refractivity contribution is 6.30. The van der Waals surface area contributed by atoms with Crippen LogP contribution in [0.3, 0.4) is 0 Å². The SMILES string of the molecule is [C-]#[N+]c1c(N)nc(OC)c([N+]#[C-])c1-c1ccc(Cl)cc1. The van der Waals surface area contributed by atoms with Gasteiger partial charge in [0.25, 0.3) is 0 Å². The maximum atomic E-state index is 7.30. The Morgan fingerprint density at radius 2 is 1.75 bits per heavy atom. The van der Waals surface area contributed by atoms with Crippen molar-refractivity contribution in [3.8, 4) is 17.0 Å². The number of benzene rings is 1. The zero-order valence-electron chi connectivity index (χ0n) is 10.5. The van der Waals surface area contributed by atoms with E-state index in [1.54, 1.807) is 24.3 Å². The first-order valence-corrected chi connectivity index (χ1v) is 5.88. The lowest BCUT2D eigenvalue weighted by Gasteiger charge is -2.12. The third kappa shape index (κ3) is 2.23. The van der Waals surface area contributed by atoms with Gasteiger partial charge in [0.2, 0.25) is 17.3 Å². The van der Waals surface area contributed by atoms with Crippen molar-refractivity contribution in [1.29, 1.82) is 0 Å². The number of anilines is 1. The lowest BCUT2D eigenvalue weighted by molar-refractivity contribution is 0.401. The van der Waals surface area contributed by atoms with Crippen molar-refractivity contribution >= 4 is 28.8 Å². The van der Waals surface area contributed by atoms with Crippen LogP contribution in [0.1, 0.15) is 0 Å². The van der Waals surface area contributed by atoms with Gasteiger partial charge >= 0.3 is 0 Å². The molecule has 20 heavy (non-hydrogen) atoms. The molecule has 0 aliphatic heterocycles. The van der Waals surface area contributed by atoms with Crippen molar-refractivity contribution in [2.75, 3.05) is 12.8 Å². The second-order valence-electron chi connectivity index (χ2n) is 3.81. The third-order valence-corrected chi connectivity index (χ3v) is 2.94. The van der Waals surface area contributed by atoms with E-state index in [0.717, 1.165) is 0 Å². The Morgan fingerprint density at radius 1 is 1.15 bits per heavy atom. The first-order chi connectivity index (χ1) is 9.62. The van der Waals surface area contributed by atoms with E-state index in [2.05, 4.69) is 14.7 Å². The molecular formula is C14H9ClN4O. The first-order valence-electron chi connectivity index (χ1n) is 5.50. The summed E-state index contributed by atoms with van der Waals surface area (Å²) in [4.78, 5) is 10.7. The summed E-state index contributed by atoms with van der Waals surface area (Å²) in [6, 6.07) is 6.81. The van der Waals surface area contributed by atoms with Crippen molar-refractivity contribution in [3.05, 3.63) is 52.1 Å². The molecule has 0 radical (unpaired) electrons. The molecule has 2 N–H and O–H groups in total. The highest BCUT2D eigenvalue weighted by Gasteiger charge is 2.20. The molecule has 1 heterocycles. The fourth-order valence-electron chi connectivity index (χ4n) is 1.81. The smallest absolute Gasteiger partial charge is 0.244 e. The molecule has 5 nitrogen and oxygen atoms in total. The van der Waals surface area contributed by atoms with Gasteiger partial charge in [-0.2, -0.15) is 0 Å². The molecule has 6 heteroatoms. The fraction of sp³-hybridized carbons (Fsp3) is 0.0714. The van der Waals surface area contributed by atoms with Crippen molar-refractivity contribution < 1.29 is 4.74 Å². The summed E-state index contributed by atoms with van der Waals surface area (Å²) in [6.45, 7) is 14.5. The summed E-state index contributed by atoms with van der Waals surface area (Å²) in [6.07, 6.45) is 0. The standard InChI is InChI=1S/C14H9ClN4O/c1-17-11-10(8-4-6-9(15)7-5-8)12(18-2)14(20-3)19-13(11)16/h4-7H,3H3,(H2,16,19). The van der Waals surface area contributed by atoms with Gasteiger partial charge < -0.3 is 10.5 Å². The molecule has 0 unspecified atom stereocenters. The molecule has 0 bridgehead atoms. The minimum Gasteiger partial charge on any atom is -0.490 e. The molecule has 0 aliphatic rings. The Hall–Kier alpha value is -2.76. The number of nitrogen functional groups attached to an aromatic ring is 1. The van der Waals surface area contributed by atoms with Gasteiger partial charge in [-0.25, -0.2) is 14.7 Å². The summed E-state index contributed by atoms with van der Waals surface area (Å²) < 4.78 is 5.07. The van der Waals surface area contributed by atoms with Crippen LogP contribution in [0.25, 0.3) is 20.8 Å². The zero-order chi connectivity index (χ0) is 14.7. The number of nitrogens with zero attached hydrogens (tertiary/aromatic N) is 3. The number of methoxy groups -OCH3 is 1. The maximum absolute atomic E-state index is 7.30. The average Bonchev–Trinajstić information content (AvgIpc) is 2.46. The van der Waals surface area contributed by atoms with Gasteiger partial charge in [-0.1, -0.05) is 23.7 Å². The summed E-state index contributed by atoms with van der Waals surface area (Å²) in [5, 5.41) is 0.566. The molecule has 1 aromatic heterocycles. The van der Waals surface area contributed by atoms with Crippen LogP contribution < -0.4 is 10.5 Å². The number of hydrogen-bond donors (Lipinski definition) is 1. The number of ether oxygens (including phenoxy) is 1. The van der Waals surface area contributed by atoms with Gasteiger partial charge in [-0.05, 0) is 17.7 Å². The first kappa shape index (κ1) is 13.7. The average molecular weight is 285 g/mol. The molecule has 0 saturated heterocycles. The predicted molar refractivity (Wildman–Crippen MR) is 78.2 cm³/mol. The Kier molecular flexibility index (Phi) is 3.74. The van der Waals surface area contributed by atoms with E-state index in [9.17, 15) is 0 Å². The van der Waals surface area contributed by atoms with Crippen molar-refractivity contribution in [2.24, 2.45) is 0 Å². The largest absolute Gasteiger partial charge is 0.490 e. The van der Waals surface area contributed by atoms with E-state index in [0.29, 0.717) is 16.1 Å². The van der Waals surface area contributed by atoms with Crippen LogP contribution >= 0.6 is 11.6 Å². The van der Waals surface area contributed by atoms with E-state index in [1.165, 1.54) is 7.11 Å². The molecular weight excluding hydrogens is 276 g/mol. The number of aromatic nitrogens is 1. The lowest BCUT2D eigenvalue weighted by atomic mass is 10.0. The Morgan fingerprint density at radius 3 is 2.25 bits per heavy atom. The minimum atomic E-state index is 0.0363. The number of halogens is 1. The molecule has 2 rings (SSSR count). The zero-order valence-corrected chi connectivity index (χ0v) is 11.3. The minimum absolute atomic E-state index is 0.0363. The molecule has 98 valence electrons. The Labute approximate surface area is 121 Å². The molecule has 0 fully saturated rings. The second kappa shape index (κ2) is 5.48. The maximum Gasteiger partial charge on any atom is 0.244 e. The highest BCUT2D eigenvalue weighted by atomic mass is 35.5. The van der Waals surface area contributed by atoms with E-state index in [1.807, 2.05) is 0 Å².